The number of carbonyl (C=O) groups excluding carboxylic acids is 2. The molecule has 0 bridgehead atoms. The van der Waals surface area contributed by atoms with Gasteiger partial charge in [0.1, 0.15) is 5.78 Å². The third-order valence-electron chi connectivity index (χ3n) is 9.62. The average molecular weight is 654 g/mol. The number of hydrogen-bond donors (Lipinski definition) is 2. The fourth-order valence-corrected chi connectivity index (χ4v) is 7.70. The normalized spacial score (nSPS) is 19.5. The Labute approximate surface area is 288 Å². The van der Waals surface area contributed by atoms with Crippen LogP contribution in [0.4, 0.5) is 0 Å². The number of Topliss-reactive ketones (excluding diaryl/α,β-unsaturated/α-hetero) is 2. The van der Waals surface area contributed by atoms with Crippen molar-refractivity contribution in [2.24, 2.45) is 17.8 Å². The zero-order valence-electron chi connectivity index (χ0n) is 28.5. The lowest BCUT2D eigenvalue weighted by Gasteiger charge is -2.28. The predicted molar refractivity (Wildman–Crippen MR) is 200 cm³/mol. The summed E-state index contributed by atoms with van der Waals surface area (Å²) in [7, 11) is 0. The Kier molecular flexibility index (Phi) is 14.6. The van der Waals surface area contributed by atoms with Gasteiger partial charge in [0.2, 0.25) is 0 Å². The van der Waals surface area contributed by atoms with Crippen molar-refractivity contribution < 1.29 is 16.1 Å². The maximum Gasteiger partial charge on any atom is 0.164 e. The van der Waals surface area contributed by atoms with Crippen molar-refractivity contribution in [2.75, 3.05) is 6.61 Å². The highest BCUT2D eigenvalue weighted by atomic mass is 32.2. The fraction of sp³-hybridized carbons (Fsp3) is 0.429. The highest BCUT2D eigenvalue weighted by Crippen LogP contribution is 2.38. The van der Waals surface area contributed by atoms with E-state index in [0.717, 1.165) is 62.7 Å². The maximum absolute atomic E-state index is 13.1. The van der Waals surface area contributed by atoms with Gasteiger partial charge in [0.25, 0.3) is 0 Å². The van der Waals surface area contributed by atoms with E-state index in [2.05, 4.69) is 66.6 Å². The Morgan fingerprint density at radius 3 is 2.26 bits per heavy atom. The molecule has 47 heavy (non-hydrogen) atoms. The van der Waals surface area contributed by atoms with Crippen molar-refractivity contribution in [1.29, 1.82) is 0 Å². The van der Waals surface area contributed by atoms with Gasteiger partial charge in [-0.1, -0.05) is 99.3 Å². The first kappa shape index (κ1) is 36.4. The summed E-state index contributed by atoms with van der Waals surface area (Å²) in [5.41, 5.74) is 6.91. The molecule has 4 nitrogen and oxygen atoms in total. The Morgan fingerprint density at radius 2 is 1.57 bits per heavy atom. The first-order valence-corrected chi connectivity index (χ1v) is 18.5. The third-order valence-corrected chi connectivity index (χ3v) is 10.8. The maximum atomic E-state index is 13.1. The first-order chi connectivity index (χ1) is 22.9. The van der Waals surface area contributed by atoms with Crippen LogP contribution in [0.1, 0.15) is 99.8 Å². The van der Waals surface area contributed by atoms with Crippen molar-refractivity contribution in [3.05, 3.63) is 124 Å². The summed E-state index contributed by atoms with van der Waals surface area (Å²) >= 11 is 1.84. The number of hydrogen-bond acceptors (Lipinski definition) is 5. The van der Waals surface area contributed by atoms with Crippen molar-refractivity contribution in [3.63, 3.8) is 0 Å². The van der Waals surface area contributed by atoms with E-state index in [0.29, 0.717) is 18.1 Å². The van der Waals surface area contributed by atoms with E-state index in [-0.39, 0.29) is 31.7 Å². The second kappa shape index (κ2) is 18.8. The van der Waals surface area contributed by atoms with Crippen molar-refractivity contribution in [3.8, 4) is 0 Å². The number of ketones is 2. The van der Waals surface area contributed by atoms with E-state index in [1.165, 1.54) is 32.7 Å². The SMILES string of the molecule is C=C(c1cccc(CSC2=CNC(CC(=O)c3ccc(CC[C@@H](CO)Cc4ccccc4)cc3)C2)c1)C1CCC(C(C)=O)CC1.CC.[HH]. The van der Waals surface area contributed by atoms with E-state index in [1.54, 1.807) is 6.92 Å². The van der Waals surface area contributed by atoms with E-state index in [1.807, 2.05) is 55.9 Å². The summed E-state index contributed by atoms with van der Waals surface area (Å²) in [6, 6.07) is 27.2. The van der Waals surface area contributed by atoms with Gasteiger partial charge in [-0.15, -0.1) is 11.8 Å². The molecule has 0 saturated heterocycles. The molecule has 3 aromatic carbocycles. The molecule has 2 aliphatic rings. The number of thioether (sulfide) groups is 1. The van der Waals surface area contributed by atoms with Crippen LogP contribution >= 0.6 is 11.8 Å². The summed E-state index contributed by atoms with van der Waals surface area (Å²) < 4.78 is 0. The van der Waals surface area contributed by atoms with E-state index in [4.69, 9.17) is 0 Å². The van der Waals surface area contributed by atoms with Crippen LogP contribution in [0.5, 0.6) is 0 Å². The quantitative estimate of drug-likeness (QED) is 0.160. The van der Waals surface area contributed by atoms with Crippen LogP contribution in [0.15, 0.2) is 96.5 Å². The monoisotopic (exact) mass is 653 g/mol. The Morgan fingerprint density at radius 1 is 0.894 bits per heavy atom. The number of allylic oxidation sites excluding steroid dienone is 1. The van der Waals surface area contributed by atoms with Gasteiger partial charge in [-0.2, -0.15) is 0 Å². The van der Waals surface area contributed by atoms with Crippen LogP contribution in [-0.4, -0.2) is 29.3 Å². The molecule has 0 radical (unpaired) electrons. The van der Waals surface area contributed by atoms with Crippen LogP contribution in [0, 0.1) is 17.8 Å². The predicted octanol–water partition coefficient (Wildman–Crippen LogP) is 9.86. The molecule has 1 saturated carbocycles. The summed E-state index contributed by atoms with van der Waals surface area (Å²) in [6.45, 7) is 10.3. The van der Waals surface area contributed by atoms with Gasteiger partial charge >= 0.3 is 0 Å². The lowest BCUT2D eigenvalue weighted by Crippen LogP contribution is -2.23. The minimum Gasteiger partial charge on any atom is -0.396 e. The van der Waals surface area contributed by atoms with Crippen LogP contribution in [0.3, 0.4) is 0 Å². The van der Waals surface area contributed by atoms with Gasteiger partial charge in [0.05, 0.1) is 0 Å². The minimum absolute atomic E-state index is 0. The largest absolute Gasteiger partial charge is 0.396 e. The Bertz CT molecular complexity index is 1480. The molecule has 0 spiro atoms. The molecule has 1 aliphatic carbocycles. The average Bonchev–Trinajstić information content (AvgIpc) is 3.57. The summed E-state index contributed by atoms with van der Waals surface area (Å²) in [5.74, 6) is 2.30. The number of nitrogens with one attached hydrogen (secondary N) is 1. The Hall–Kier alpha value is -3.41. The molecule has 1 fully saturated rings. The summed E-state index contributed by atoms with van der Waals surface area (Å²) in [6.07, 6.45) is 10.2. The lowest BCUT2D eigenvalue weighted by molar-refractivity contribution is -0.121. The smallest absolute Gasteiger partial charge is 0.164 e. The molecule has 3 aromatic rings. The molecule has 1 unspecified atom stereocenters. The van der Waals surface area contributed by atoms with Crippen molar-refractivity contribution in [2.45, 2.75) is 90.4 Å². The molecule has 0 aromatic heterocycles. The molecule has 0 amide bonds. The van der Waals surface area contributed by atoms with Crippen LogP contribution < -0.4 is 5.32 Å². The first-order valence-electron chi connectivity index (χ1n) is 17.5. The lowest BCUT2D eigenvalue weighted by atomic mass is 9.76. The summed E-state index contributed by atoms with van der Waals surface area (Å²) in [5, 5.41) is 13.3. The Balaban J connectivity index is 0.00000204. The van der Waals surface area contributed by atoms with Crippen molar-refractivity contribution >= 4 is 28.9 Å². The molecule has 2 atom stereocenters. The van der Waals surface area contributed by atoms with Gasteiger partial charge in [-0.25, -0.2) is 0 Å². The highest BCUT2D eigenvalue weighted by molar-refractivity contribution is 8.02. The van der Waals surface area contributed by atoms with Gasteiger partial charge in [0, 0.05) is 55.3 Å². The zero-order chi connectivity index (χ0) is 33.6. The van der Waals surface area contributed by atoms with E-state index in [9.17, 15) is 14.7 Å². The third kappa shape index (κ3) is 11.1. The number of aryl methyl sites for hydroxylation is 1. The zero-order valence-corrected chi connectivity index (χ0v) is 29.4. The summed E-state index contributed by atoms with van der Waals surface area (Å²) in [4.78, 5) is 26.1. The van der Waals surface area contributed by atoms with Crippen LogP contribution in [0.2, 0.25) is 0 Å². The molecular weight excluding hydrogens is 599 g/mol. The van der Waals surface area contributed by atoms with Crippen LogP contribution in [-0.2, 0) is 23.4 Å². The number of rotatable bonds is 15. The topological polar surface area (TPSA) is 66.4 Å². The number of benzene rings is 3. The van der Waals surface area contributed by atoms with E-state index >= 15 is 0 Å². The molecule has 5 heteroatoms. The molecule has 1 aliphatic heterocycles. The number of aliphatic hydroxyl groups is 1. The van der Waals surface area contributed by atoms with Gasteiger partial charge in [-0.3, -0.25) is 9.59 Å². The van der Waals surface area contributed by atoms with Gasteiger partial charge < -0.3 is 10.4 Å². The minimum atomic E-state index is 0. The molecular formula is C42H55NO3S. The van der Waals surface area contributed by atoms with Gasteiger partial charge in [0.15, 0.2) is 5.78 Å². The molecule has 1 heterocycles. The molecule has 2 N–H and O–H groups in total. The van der Waals surface area contributed by atoms with E-state index < -0.39 is 0 Å². The standard InChI is InChI=1S/C40H47NO3S.C2H6.H2/c1-28(34-17-19-35(20-18-34)29(2)43)37-10-6-9-33(22-37)27-45-39-23-38(41-25-39)24-40(44)36-15-13-30(14-16-36)11-12-32(26-42)21-31-7-4-3-5-8-31;1-2;/h3-10,13-16,22,25,32,34-35,38,41-42H,1,11-12,17-21,23-24,26-27H2,2H3;1-2H3;1H/t32-,34?,35?,38?;;/m1../s1. The van der Waals surface area contributed by atoms with Crippen LogP contribution in [0.25, 0.3) is 5.57 Å². The fourth-order valence-electron chi connectivity index (χ4n) is 6.70. The highest BCUT2D eigenvalue weighted by Gasteiger charge is 2.26. The number of carbonyl (C=O) groups is 2. The number of aliphatic hydroxyl groups excluding tert-OH is 1. The second-order valence-electron chi connectivity index (χ2n) is 13.0. The second-order valence-corrected chi connectivity index (χ2v) is 14.1. The molecule has 5 rings (SSSR count). The molecule has 252 valence electrons. The van der Waals surface area contributed by atoms with Crippen molar-refractivity contribution in [1.82, 2.24) is 5.32 Å². The van der Waals surface area contributed by atoms with Gasteiger partial charge in [-0.05, 0) is 91.5 Å².